The number of aryl methyl sites for hydroxylation is 1. The fourth-order valence-corrected chi connectivity index (χ4v) is 6.72. The number of carbonyl (C=O) groups is 1. The lowest BCUT2D eigenvalue weighted by Gasteiger charge is -2.33. The van der Waals surface area contributed by atoms with Crippen LogP contribution in [-0.4, -0.2) is 60.2 Å². The molecule has 1 amide bonds. The van der Waals surface area contributed by atoms with Gasteiger partial charge in [-0.15, -0.1) is 11.3 Å². The van der Waals surface area contributed by atoms with Gasteiger partial charge in [-0.1, -0.05) is 19.2 Å². The number of hydrogen-bond donors (Lipinski definition) is 1. The summed E-state index contributed by atoms with van der Waals surface area (Å²) in [5.74, 6) is -1.21. The molecule has 5 heterocycles. The Kier molecular flexibility index (Phi) is 8.17. The van der Waals surface area contributed by atoms with Gasteiger partial charge in [-0.05, 0) is 42.6 Å². The number of thiophene rings is 1. The second-order valence-corrected chi connectivity index (χ2v) is 11.4. The second-order valence-electron chi connectivity index (χ2n) is 10.5. The molecule has 0 unspecified atom stereocenters. The summed E-state index contributed by atoms with van der Waals surface area (Å²) in [6.07, 6.45) is 4.00. The number of rotatable bonds is 9. The monoisotopic (exact) mass is 628 g/mol. The van der Waals surface area contributed by atoms with E-state index in [1.807, 2.05) is 60.6 Å². The van der Waals surface area contributed by atoms with E-state index in [4.69, 9.17) is 14.8 Å². The number of halogens is 2. The fraction of sp³-hybridized carbons (Fsp3) is 0.212. The summed E-state index contributed by atoms with van der Waals surface area (Å²) >= 11 is 1.37. The summed E-state index contributed by atoms with van der Waals surface area (Å²) in [6, 6.07) is 9.28. The number of hydrogen-bond acceptors (Lipinski definition) is 7. The largest absolute Gasteiger partial charge is 0.491 e. The highest BCUT2D eigenvalue weighted by molar-refractivity contribution is 7.17. The Morgan fingerprint density at radius 2 is 2.04 bits per heavy atom. The van der Waals surface area contributed by atoms with Crippen LogP contribution in [0, 0.1) is 0 Å². The summed E-state index contributed by atoms with van der Waals surface area (Å²) in [5, 5.41) is 22.3. The maximum absolute atomic E-state index is 15.9. The molecule has 0 aliphatic carbocycles. The average molecular weight is 629 g/mol. The number of aliphatic hydroxyl groups is 1. The summed E-state index contributed by atoms with van der Waals surface area (Å²) in [7, 11) is 1.85. The summed E-state index contributed by atoms with van der Waals surface area (Å²) in [4.78, 5) is 19.4. The van der Waals surface area contributed by atoms with Gasteiger partial charge in [-0.25, -0.2) is 13.8 Å². The van der Waals surface area contributed by atoms with Crippen LogP contribution in [0.4, 0.5) is 8.78 Å². The van der Waals surface area contributed by atoms with Crippen molar-refractivity contribution in [3.05, 3.63) is 96.4 Å². The molecule has 6 rings (SSSR count). The Labute approximate surface area is 261 Å². The predicted molar refractivity (Wildman–Crippen MR) is 171 cm³/mol. The molecule has 1 aromatic carbocycles. The number of nitrogens with zero attached hydrogens (tertiary/aromatic N) is 6. The first-order valence-corrected chi connectivity index (χ1v) is 15.1. The van der Waals surface area contributed by atoms with Gasteiger partial charge in [-0.3, -0.25) is 14.2 Å². The number of aromatic nitrogens is 5. The highest BCUT2D eigenvalue weighted by atomic mass is 32.1. The van der Waals surface area contributed by atoms with Gasteiger partial charge in [0.25, 0.3) is 0 Å². The number of fused-ring (bicyclic) bond motifs is 3. The molecule has 0 saturated heterocycles. The molecule has 9 nitrogen and oxygen atoms in total. The molecule has 1 atom stereocenters. The van der Waals surface area contributed by atoms with Crippen molar-refractivity contribution in [3.8, 4) is 22.6 Å². The Balaban J connectivity index is 1.64. The average Bonchev–Trinajstić information content (AvgIpc) is 3.78. The first kappa shape index (κ1) is 30.1. The van der Waals surface area contributed by atoms with Crippen molar-refractivity contribution in [1.29, 1.82) is 0 Å². The molecular weight excluding hydrogens is 598 g/mol. The highest BCUT2D eigenvalue weighted by Crippen LogP contribution is 2.45. The van der Waals surface area contributed by atoms with E-state index in [-0.39, 0.29) is 42.8 Å². The second kappa shape index (κ2) is 12.2. The van der Waals surface area contributed by atoms with Crippen molar-refractivity contribution in [2.45, 2.75) is 19.5 Å². The van der Waals surface area contributed by atoms with E-state index in [0.717, 1.165) is 27.5 Å². The number of benzene rings is 1. The number of amides is 1. The minimum atomic E-state index is -0.928. The van der Waals surface area contributed by atoms with Gasteiger partial charge in [-0.2, -0.15) is 10.2 Å². The van der Waals surface area contributed by atoms with Crippen LogP contribution in [0.25, 0.3) is 49.2 Å². The van der Waals surface area contributed by atoms with Gasteiger partial charge in [0.2, 0.25) is 5.91 Å². The Bertz CT molecular complexity index is 2040. The number of ether oxygens (including phenoxy) is 1. The first-order chi connectivity index (χ1) is 21.7. The number of carbonyl (C=O) groups excluding carboxylic acids is 1. The van der Waals surface area contributed by atoms with Crippen molar-refractivity contribution in [2.24, 2.45) is 7.05 Å². The van der Waals surface area contributed by atoms with E-state index < -0.39 is 5.83 Å². The SMILES string of the molecule is C=CC(=O)N1CCn2nc(-c3nc(-c4ccc5nn(C)cc5c4)c4ccsc4c3/C(C(=C)OCCO)=C(F)/C=C/F)cc2[C@H]1C. The van der Waals surface area contributed by atoms with Crippen LogP contribution in [0.3, 0.4) is 0 Å². The van der Waals surface area contributed by atoms with E-state index in [9.17, 15) is 14.3 Å². The standard InChI is InChI=1S/C33H30F2N6O3S/c1-5-28(43)40-11-12-41-27(19(40)2)17-26(38-41)32-30(29(24(35)8-10-34)20(3)44-14-13-42)33-23(9-15-45-33)31(36-32)21-6-7-25-22(16-21)18-39(4)37-25/h5-10,15-19,42H,1,3,11-14H2,2,4H3/b10-8+,29-24-/t19-/m1/s1. The molecular formula is C33H30F2N6O3S. The Morgan fingerprint density at radius 3 is 2.80 bits per heavy atom. The zero-order chi connectivity index (χ0) is 31.8. The van der Waals surface area contributed by atoms with Crippen molar-refractivity contribution < 1.29 is 23.4 Å². The lowest BCUT2D eigenvalue weighted by atomic mass is 9.95. The Morgan fingerprint density at radius 1 is 1.22 bits per heavy atom. The molecule has 1 aliphatic rings. The van der Waals surface area contributed by atoms with Crippen molar-refractivity contribution in [2.75, 3.05) is 19.8 Å². The Hall–Kier alpha value is -4.94. The van der Waals surface area contributed by atoms with Crippen LogP contribution in [-0.2, 0) is 23.1 Å². The molecule has 4 aromatic heterocycles. The molecule has 45 heavy (non-hydrogen) atoms. The van der Waals surface area contributed by atoms with E-state index in [0.29, 0.717) is 46.5 Å². The molecule has 5 aromatic rings. The molecule has 0 radical (unpaired) electrons. The fourth-order valence-electron chi connectivity index (χ4n) is 5.77. The maximum Gasteiger partial charge on any atom is 0.246 e. The molecule has 1 N–H and O–H groups in total. The number of pyridine rings is 1. The van der Waals surface area contributed by atoms with Crippen LogP contribution >= 0.6 is 11.3 Å². The molecule has 0 saturated carbocycles. The van der Waals surface area contributed by atoms with Gasteiger partial charge in [0.15, 0.2) is 0 Å². The summed E-state index contributed by atoms with van der Waals surface area (Å²) in [5.41, 5.74) is 4.04. The lowest BCUT2D eigenvalue weighted by Crippen LogP contribution is -2.40. The van der Waals surface area contributed by atoms with Crippen LogP contribution in [0.1, 0.15) is 24.2 Å². The molecule has 0 bridgehead atoms. The quantitative estimate of drug-likeness (QED) is 0.114. The van der Waals surface area contributed by atoms with Crippen LogP contribution in [0.2, 0.25) is 0 Å². The molecule has 0 fully saturated rings. The third-order valence-electron chi connectivity index (χ3n) is 7.80. The van der Waals surface area contributed by atoms with Gasteiger partial charge in [0, 0.05) is 52.5 Å². The third-order valence-corrected chi connectivity index (χ3v) is 8.74. The van der Waals surface area contributed by atoms with E-state index in [1.54, 1.807) is 9.58 Å². The zero-order valence-electron chi connectivity index (χ0n) is 24.7. The third kappa shape index (κ3) is 5.36. The van der Waals surface area contributed by atoms with Gasteiger partial charge >= 0.3 is 0 Å². The zero-order valence-corrected chi connectivity index (χ0v) is 25.5. The topological polar surface area (TPSA) is 98.3 Å². The van der Waals surface area contributed by atoms with E-state index in [1.165, 1.54) is 17.4 Å². The normalized spacial score (nSPS) is 15.5. The number of aliphatic hydroxyl groups excluding tert-OH is 1. The summed E-state index contributed by atoms with van der Waals surface area (Å²) < 4.78 is 39.1. The van der Waals surface area contributed by atoms with Crippen molar-refractivity contribution in [1.82, 2.24) is 29.4 Å². The van der Waals surface area contributed by atoms with Crippen LogP contribution < -0.4 is 0 Å². The molecule has 0 spiro atoms. The maximum atomic E-state index is 15.9. The van der Waals surface area contributed by atoms with Gasteiger partial charge < -0.3 is 14.7 Å². The first-order valence-electron chi connectivity index (χ1n) is 14.2. The summed E-state index contributed by atoms with van der Waals surface area (Å²) in [6.45, 7) is 9.88. The van der Waals surface area contributed by atoms with Crippen molar-refractivity contribution >= 4 is 43.8 Å². The lowest BCUT2D eigenvalue weighted by molar-refractivity contribution is -0.129. The van der Waals surface area contributed by atoms with Crippen LogP contribution in [0.15, 0.2) is 85.1 Å². The van der Waals surface area contributed by atoms with Crippen LogP contribution in [0.5, 0.6) is 0 Å². The minimum absolute atomic E-state index is 0.0953. The number of allylic oxidation sites excluding steroid dienone is 3. The van der Waals surface area contributed by atoms with E-state index in [2.05, 4.69) is 18.3 Å². The smallest absolute Gasteiger partial charge is 0.246 e. The van der Waals surface area contributed by atoms with Gasteiger partial charge in [0.05, 0.1) is 48.0 Å². The molecule has 12 heteroatoms. The van der Waals surface area contributed by atoms with Crippen molar-refractivity contribution in [3.63, 3.8) is 0 Å². The van der Waals surface area contributed by atoms with Gasteiger partial charge in [0.1, 0.15) is 29.6 Å². The molecule has 230 valence electrons. The predicted octanol–water partition coefficient (Wildman–Crippen LogP) is 6.49. The minimum Gasteiger partial charge on any atom is -0.491 e. The van der Waals surface area contributed by atoms with E-state index >= 15 is 4.39 Å². The highest BCUT2D eigenvalue weighted by Gasteiger charge is 2.31. The molecule has 1 aliphatic heterocycles.